The molecule has 0 unspecified atom stereocenters. The number of amides is 1. The third-order valence-corrected chi connectivity index (χ3v) is 4.80. The predicted molar refractivity (Wildman–Crippen MR) is 93.9 cm³/mol. The molecule has 26 heavy (non-hydrogen) atoms. The van der Waals surface area contributed by atoms with Gasteiger partial charge in [-0.05, 0) is 25.0 Å². The topological polar surface area (TPSA) is 111 Å². The van der Waals surface area contributed by atoms with E-state index in [9.17, 15) is 4.79 Å². The van der Waals surface area contributed by atoms with Gasteiger partial charge in [-0.3, -0.25) is 14.7 Å². The first-order valence-corrected chi connectivity index (χ1v) is 8.88. The van der Waals surface area contributed by atoms with Crippen LogP contribution in [0.5, 0.6) is 0 Å². The molecular weight excluding hydrogens is 338 g/mol. The van der Waals surface area contributed by atoms with Crippen LogP contribution in [-0.2, 0) is 9.59 Å². The molecule has 0 radical (unpaired) electrons. The third kappa shape index (κ3) is 5.80. The molecule has 1 aliphatic heterocycles. The highest BCUT2D eigenvalue weighted by molar-refractivity contribution is 6.27. The summed E-state index contributed by atoms with van der Waals surface area (Å²) in [6, 6.07) is 4.37. The summed E-state index contributed by atoms with van der Waals surface area (Å²) < 4.78 is 0. The monoisotopic (exact) mass is 363 g/mol. The van der Waals surface area contributed by atoms with Gasteiger partial charge in [0.25, 0.3) is 5.91 Å². The van der Waals surface area contributed by atoms with Crippen LogP contribution < -0.4 is 0 Å². The molecule has 0 bridgehead atoms. The minimum absolute atomic E-state index is 0.149. The van der Waals surface area contributed by atoms with Crippen LogP contribution in [0, 0.1) is 0 Å². The Labute approximate surface area is 152 Å². The van der Waals surface area contributed by atoms with Crippen molar-refractivity contribution in [2.45, 2.75) is 38.1 Å². The third-order valence-electron chi connectivity index (χ3n) is 4.80. The summed E-state index contributed by atoms with van der Waals surface area (Å²) in [4.78, 5) is 39.1. The molecule has 1 saturated heterocycles. The molecule has 0 spiro atoms. The van der Waals surface area contributed by atoms with Gasteiger partial charge in [-0.15, -0.1) is 0 Å². The Hall–Kier alpha value is -2.48. The van der Waals surface area contributed by atoms with Crippen LogP contribution >= 0.6 is 0 Å². The van der Waals surface area contributed by atoms with Crippen molar-refractivity contribution < 1.29 is 24.6 Å². The molecule has 8 nitrogen and oxygen atoms in total. The summed E-state index contributed by atoms with van der Waals surface area (Å²) in [6.45, 7) is 3.78. The van der Waals surface area contributed by atoms with Crippen molar-refractivity contribution in [3.8, 4) is 0 Å². The lowest BCUT2D eigenvalue weighted by Crippen LogP contribution is -2.52. The number of rotatable bonds is 2. The van der Waals surface area contributed by atoms with Gasteiger partial charge in [0.05, 0.1) is 0 Å². The molecule has 8 heteroatoms. The summed E-state index contributed by atoms with van der Waals surface area (Å²) in [6.07, 6.45) is 10.2. The van der Waals surface area contributed by atoms with Gasteiger partial charge in [0.15, 0.2) is 0 Å². The first-order valence-electron chi connectivity index (χ1n) is 8.88. The minimum atomic E-state index is -1.82. The minimum Gasteiger partial charge on any atom is -0.473 e. The van der Waals surface area contributed by atoms with E-state index in [1.54, 1.807) is 24.5 Å². The molecule has 142 valence electrons. The second kappa shape index (κ2) is 9.86. The SMILES string of the molecule is O=C(O)C(=O)O.O=C(c1ccncc1)N1CCN(C2CCCCC2)CC1. The van der Waals surface area contributed by atoms with E-state index >= 15 is 0 Å². The average molecular weight is 363 g/mol. The molecule has 2 aliphatic rings. The van der Waals surface area contributed by atoms with Crippen molar-refractivity contribution in [2.75, 3.05) is 26.2 Å². The second-order valence-corrected chi connectivity index (χ2v) is 6.47. The fraction of sp³-hybridized carbons (Fsp3) is 0.556. The van der Waals surface area contributed by atoms with Gasteiger partial charge < -0.3 is 15.1 Å². The molecule has 1 aliphatic carbocycles. The zero-order valence-corrected chi connectivity index (χ0v) is 14.7. The molecule has 1 amide bonds. The van der Waals surface area contributed by atoms with Crippen molar-refractivity contribution in [2.24, 2.45) is 0 Å². The number of nitrogens with zero attached hydrogens (tertiary/aromatic N) is 3. The maximum absolute atomic E-state index is 12.4. The molecule has 2 fully saturated rings. The smallest absolute Gasteiger partial charge is 0.414 e. The first-order chi connectivity index (χ1) is 12.5. The number of aromatic nitrogens is 1. The van der Waals surface area contributed by atoms with Crippen LogP contribution in [0.1, 0.15) is 42.5 Å². The molecule has 0 atom stereocenters. The van der Waals surface area contributed by atoms with Crippen LogP contribution in [0.3, 0.4) is 0 Å². The first kappa shape index (κ1) is 19.8. The molecule has 1 aromatic rings. The lowest BCUT2D eigenvalue weighted by atomic mass is 9.94. The van der Waals surface area contributed by atoms with E-state index in [0.717, 1.165) is 37.8 Å². The van der Waals surface area contributed by atoms with Crippen LogP contribution in [0.25, 0.3) is 0 Å². The van der Waals surface area contributed by atoms with Gasteiger partial charge in [-0.1, -0.05) is 19.3 Å². The summed E-state index contributed by atoms with van der Waals surface area (Å²) in [7, 11) is 0. The van der Waals surface area contributed by atoms with Crippen LogP contribution in [-0.4, -0.2) is 75.1 Å². The molecule has 2 heterocycles. The molecule has 3 rings (SSSR count). The van der Waals surface area contributed by atoms with Crippen molar-refractivity contribution in [3.05, 3.63) is 30.1 Å². The lowest BCUT2D eigenvalue weighted by molar-refractivity contribution is -0.159. The van der Waals surface area contributed by atoms with E-state index in [-0.39, 0.29) is 5.91 Å². The van der Waals surface area contributed by atoms with Crippen molar-refractivity contribution in [3.63, 3.8) is 0 Å². The quantitative estimate of drug-likeness (QED) is 0.763. The Balaban J connectivity index is 0.000000352. The van der Waals surface area contributed by atoms with E-state index in [4.69, 9.17) is 19.8 Å². The van der Waals surface area contributed by atoms with Gasteiger partial charge in [0, 0.05) is 50.2 Å². The number of hydrogen-bond donors (Lipinski definition) is 2. The highest BCUT2D eigenvalue weighted by Crippen LogP contribution is 2.23. The molecule has 2 N–H and O–H groups in total. The fourth-order valence-electron chi connectivity index (χ4n) is 3.41. The maximum Gasteiger partial charge on any atom is 0.414 e. The van der Waals surface area contributed by atoms with E-state index in [1.807, 2.05) is 4.90 Å². The second-order valence-electron chi connectivity index (χ2n) is 6.47. The average Bonchev–Trinajstić information content (AvgIpc) is 2.69. The van der Waals surface area contributed by atoms with Gasteiger partial charge in [0.2, 0.25) is 0 Å². The molecule has 1 saturated carbocycles. The zero-order chi connectivity index (χ0) is 18.9. The standard InChI is InChI=1S/C16H23N3O.C2H2O4/c20-16(14-6-8-17-9-7-14)19-12-10-18(11-13-19)15-4-2-1-3-5-15;3-1(4)2(5)6/h6-9,15H,1-5,10-13H2;(H,3,4)(H,5,6). The predicted octanol–water partition coefficient (Wildman–Crippen LogP) is 1.33. The normalized spacial score (nSPS) is 18.5. The number of hydrogen-bond acceptors (Lipinski definition) is 5. The zero-order valence-electron chi connectivity index (χ0n) is 14.7. The number of carbonyl (C=O) groups is 3. The Bertz CT molecular complexity index is 597. The van der Waals surface area contributed by atoms with Crippen molar-refractivity contribution in [1.82, 2.24) is 14.8 Å². The lowest BCUT2D eigenvalue weighted by Gasteiger charge is -2.40. The van der Waals surface area contributed by atoms with Crippen molar-refractivity contribution >= 4 is 17.8 Å². The fourth-order valence-corrected chi connectivity index (χ4v) is 3.41. The molecule has 1 aromatic heterocycles. The van der Waals surface area contributed by atoms with E-state index < -0.39 is 11.9 Å². The Kier molecular flexibility index (Phi) is 7.53. The Morgan fingerprint density at radius 2 is 1.42 bits per heavy atom. The summed E-state index contributed by atoms with van der Waals surface area (Å²) in [5.74, 6) is -3.50. The van der Waals surface area contributed by atoms with E-state index in [2.05, 4.69) is 9.88 Å². The summed E-state index contributed by atoms with van der Waals surface area (Å²) in [5, 5.41) is 14.8. The number of aliphatic carboxylic acids is 2. The highest BCUT2D eigenvalue weighted by Gasteiger charge is 2.27. The van der Waals surface area contributed by atoms with Crippen LogP contribution in [0.15, 0.2) is 24.5 Å². The van der Waals surface area contributed by atoms with Gasteiger partial charge in [-0.25, -0.2) is 9.59 Å². The molecule has 0 aromatic carbocycles. The highest BCUT2D eigenvalue weighted by atomic mass is 16.4. The van der Waals surface area contributed by atoms with E-state index in [1.165, 1.54) is 32.1 Å². The van der Waals surface area contributed by atoms with Gasteiger partial charge >= 0.3 is 11.9 Å². The largest absolute Gasteiger partial charge is 0.473 e. The van der Waals surface area contributed by atoms with Crippen LogP contribution in [0.4, 0.5) is 0 Å². The number of piperazine rings is 1. The number of pyridine rings is 1. The van der Waals surface area contributed by atoms with Gasteiger partial charge in [0.1, 0.15) is 0 Å². The Morgan fingerprint density at radius 3 is 1.92 bits per heavy atom. The van der Waals surface area contributed by atoms with Crippen molar-refractivity contribution in [1.29, 1.82) is 0 Å². The summed E-state index contributed by atoms with van der Waals surface area (Å²) in [5.41, 5.74) is 0.756. The number of carboxylic acids is 2. The van der Waals surface area contributed by atoms with E-state index in [0.29, 0.717) is 0 Å². The summed E-state index contributed by atoms with van der Waals surface area (Å²) >= 11 is 0. The maximum atomic E-state index is 12.4. The van der Waals surface area contributed by atoms with Gasteiger partial charge in [-0.2, -0.15) is 0 Å². The Morgan fingerprint density at radius 1 is 0.885 bits per heavy atom. The number of carboxylic acid groups (broad SMARTS) is 2. The number of carbonyl (C=O) groups excluding carboxylic acids is 1. The van der Waals surface area contributed by atoms with Crippen LogP contribution in [0.2, 0.25) is 0 Å². The molecular formula is C18H25N3O5.